The quantitative estimate of drug-likeness (QED) is 0.477. The van der Waals surface area contributed by atoms with E-state index in [4.69, 9.17) is 8.92 Å². The van der Waals surface area contributed by atoms with Crippen LogP contribution in [0.4, 0.5) is 25.0 Å². The van der Waals surface area contributed by atoms with E-state index in [1.165, 1.54) is 19.2 Å². The number of rotatable bonds is 8. The second-order valence-corrected chi connectivity index (χ2v) is 13.4. The van der Waals surface area contributed by atoms with Crippen LogP contribution in [-0.2, 0) is 35.5 Å². The number of hydrogen-bond donors (Lipinski definition) is 1. The van der Waals surface area contributed by atoms with Crippen molar-refractivity contribution in [3.63, 3.8) is 0 Å². The van der Waals surface area contributed by atoms with Crippen LogP contribution in [0.1, 0.15) is 38.7 Å². The van der Waals surface area contributed by atoms with Gasteiger partial charge in [-0.1, -0.05) is 20.8 Å². The molecule has 0 aromatic carbocycles. The van der Waals surface area contributed by atoms with Gasteiger partial charge in [-0.15, -0.1) is 0 Å². The maximum atomic E-state index is 13.6. The van der Waals surface area contributed by atoms with Crippen LogP contribution in [0, 0.1) is 18.3 Å². The second kappa shape index (κ2) is 10.5. The summed E-state index contributed by atoms with van der Waals surface area (Å²) in [7, 11) is -8.25. The van der Waals surface area contributed by atoms with E-state index >= 15 is 0 Å². The summed E-state index contributed by atoms with van der Waals surface area (Å²) in [5.74, 6) is -0.620. The summed E-state index contributed by atoms with van der Waals surface area (Å²) < 4.78 is 87.8. The molecule has 1 unspecified atom stereocenters. The van der Waals surface area contributed by atoms with Gasteiger partial charge in [0.25, 0.3) is 20.1 Å². The van der Waals surface area contributed by atoms with Crippen molar-refractivity contribution in [3.8, 4) is 0 Å². The number of sulfonamides is 1. The Morgan fingerprint density at radius 1 is 1.27 bits per heavy atom. The third-order valence-corrected chi connectivity index (χ3v) is 7.61. The number of carbonyl (C=O) groups excluding carboxylic acids is 1. The Kier molecular flexibility index (Phi) is 8.14. The van der Waals surface area contributed by atoms with Gasteiger partial charge in [0, 0.05) is 12.5 Å². The highest BCUT2D eigenvalue weighted by atomic mass is 32.2. The molecule has 0 fully saturated rings. The summed E-state index contributed by atoms with van der Waals surface area (Å²) in [6.45, 7) is 3.45. The number of ether oxygens (including phenoxy) is 1. The lowest BCUT2D eigenvalue weighted by Gasteiger charge is -2.34. The fourth-order valence-electron chi connectivity index (χ4n) is 3.53. The van der Waals surface area contributed by atoms with Gasteiger partial charge in [-0.25, -0.2) is 17.9 Å². The van der Waals surface area contributed by atoms with Gasteiger partial charge in [0.05, 0.1) is 54.6 Å². The fraction of sp³-hybridized carbons (Fsp3) is 0.571. The van der Waals surface area contributed by atoms with Gasteiger partial charge in [-0.05, 0) is 24.8 Å². The lowest BCUT2D eigenvalue weighted by molar-refractivity contribution is 0.0561. The number of aryl methyl sites for hydroxylation is 1. The average molecular weight is 566 g/mol. The average Bonchev–Trinajstić information content (AvgIpc) is 3.18. The van der Waals surface area contributed by atoms with E-state index in [0.717, 1.165) is 16.8 Å². The number of nitrogens with one attached hydrogen (secondary N) is 1. The first-order valence-corrected chi connectivity index (χ1v) is 14.4. The van der Waals surface area contributed by atoms with Crippen LogP contribution in [0.3, 0.4) is 0 Å². The molecular formula is C21H29F2N5O7S2. The number of carbonyl (C=O) groups is 1. The van der Waals surface area contributed by atoms with Crippen LogP contribution in [0.15, 0.2) is 23.4 Å². The molecule has 3 heterocycles. The van der Waals surface area contributed by atoms with Crippen LogP contribution in [-0.4, -0.2) is 63.7 Å². The fourth-order valence-corrected chi connectivity index (χ4v) is 5.68. The Morgan fingerprint density at radius 2 is 1.95 bits per heavy atom. The number of anilines is 2. The zero-order chi connectivity index (χ0) is 27.8. The molecule has 0 saturated carbocycles. The van der Waals surface area contributed by atoms with E-state index in [0.29, 0.717) is 0 Å². The van der Waals surface area contributed by atoms with Gasteiger partial charge in [-0.3, -0.25) is 18.8 Å². The molecule has 1 aliphatic heterocycles. The molecule has 0 aliphatic carbocycles. The molecule has 1 atom stereocenters. The predicted octanol–water partition coefficient (Wildman–Crippen LogP) is 2.92. The smallest absolute Gasteiger partial charge is 0.411 e. The molecule has 1 amide bonds. The van der Waals surface area contributed by atoms with Gasteiger partial charge < -0.3 is 4.74 Å². The Labute approximate surface area is 214 Å². The maximum absolute atomic E-state index is 13.6. The molecule has 16 heteroatoms. The van der Waals surface area contributed by atoms with Crippen LogP contribution >= 0.6 is 0 Å². The van der Waals surface area contributed by atoms with Crippen LogP contribution in [0.2, 0.25) is 0 Å². The van der Waals surface area contributed by atoms with Crippen molar-refractivity contribution in [2.45, 2.75) is 45.6 Å². The monoisotopic (exact) mass is 565 g/mol. The first-order valence-electron chi connectivity index (χ1n) is 11.1. The minimum atomic E-state index is -4.45. The van der Waals surface area contributed by atoms with Crippen molar-refractivity contribution in [1.29, 1.82) is 0 Å². The van der Waals surface area contributed by atoms with E-state index in [2.05, 4.69) is 15.4 Å². The van der Waals surface area contributed by atoms with E-state index in [1.807, 2.05) is 20.8 Å². The third kappa shape index (κ3) is 7.35. The minimum Gasteiger partial charge on any atom is -0.449 e. The summed E-state index contributed by atoms with van der Waals surface area (Å²) in [6.07, 6.45) is 2.30. The number of pyridine rings is 1. The number of fused-ring (bicyclic) bond motifs is 1. The number of hydrogen-bond acceptors (Lipinski definition) is 9. The molecule has 1 aliphatic rings. The second-order valence-electron chi connectivity index (χ2n) is 9.88. The van der Waals surface area contributed by atoms with Crippen molar-refractivity contribution in [1.82, 2.24) is 14.8 Å². The first kappa shape index (κ1) is 28.7. The van der Waals surface area contributed by atoms with Crippen molar-refractivity contribution < 1.29 is 39.3 Å². The molecule has 1 N–H and O–H groups in total. The summed E-state index contributed by atoms with van der Waals surface area (Å²) in [5, 5.41) is 6.08. The Bertz CT molecular complexity index is 1370. The summed E-state index contributed by atoms with van der Waals surface area (Å²) >= 11 is 0. The van der Waals surface area contributed by atoms with Crippen LogP contribution < -0.4 is 9.62 Å². The molecule has 206 valence electrons. The topological polar surface area (TPSA) is 150 Å². The zero-order valence-electron chi connectivity index (χ0n) is 20.9. The van der Waals surface area contributed by atoms with Crippen molar-refractivity contribution >= 4 is 37.6 Å². The summed E-state index contributed by atoms with van der Waals surface area (Å²) in [6, 6.07) is 1.37. The minimum absolute atomic E-state index is 0.0911. The van der Waals surface area contributed by atoms with Crippen molar-refractivity contribution in [3.05, 3.63) is 29.8 Å². The number of nitrogens with zero attached hydrogens (tertiary/aromatic N) is 4. The molecule has 0 radical (unpaired) electrons. The molecule has 3 rings (SSSR count). The largest absolute Gasteiger partial charge is 0.449 e. The van der Waals surface area contributed by atoms with Gasteiger partial charge >= 0.3 is 12.6 Å². The van der Waals surface area contributed by atoms with Gasteiger partial charge in [0.15, 0.2) is 0 Å². The summed E-state index contributed by atoms with van der Waals surface area (Å²) in [4.78, 5) is 16.0. The number of amides is 1. The van der Waals surface area contributed by atoms with Gasteiger partial charge in [-0.2, -0.15) is 22.3 Å². The van der Waals surface area contributed by atoms with Crippen molar-refractivity contribution in [2.75, 3.05) is 35.6 Å². The van der Waals surface area contributed by atoms with E-state index in [-0.39, 0.29) is 59.0 Å². The Morgan fingerprint density at radius 3 is 2.51 bits per heavy atom. The van der Waals surface area contributed by atoms with E-state index < -0.39 is 43.6 Å². The molecule has 2 aromatic rings. The van der Waals surface area contributed by atoms with Gasteiger partial charge in [0.1, 0.15) is 4.90 Å². The number of alkyl halides is 2. The maximum Gasteiger partial charge on any atom is 0.411 e. The standard InChI is InChI=1S/C21H29F2N5O7S2/c1-13-18(10-27(26-13)19(22)23)37(32,33)28-9-14(11-35-36(5,30)31)6-16-17(28)7-15(8-24-16)25-20(29)34-12-21(2,3)4/h7-8,10,14,19H,6,9,11-12H2,1-5H3,(H,25,29). The highest BCUT2D eigenvalue weighted by molar-refractivity contribution is 7.92. The highest BCUT2D eigenvalue weighted by Crippen LogP contribution is 2.36. The molecule has 0 saturated heterocycles. The highest BCUT2D eigenvalue weighted by Gasteiger charge is 2.37. The third-order valence-electron chi connectivity index (χ3n) is 5.16. The normalized spacial score (nSPS) is 16.5. The molecule has 12 nitrogen and oxygen atoms in total. The van der Waals surface area contributed by atoms with Gasteiger partial charge in [0.2, 0.25) is 0 Å². The van der Waals surface area contributed by atoms with Crippen molar-refractivity contribution in [2.24, 2.45) is 11.3 Å². The number of halogens is 2. The first-order chi connectivity index (χ1) is 17.0. The zero-order valence-corrected chi connectivity index (χ0v) is 22.6. The Hall–Kier alpha value is -2.85. The number of aromatic nitrogens is 3. The molecule has 0 spiro atoms. The van der Waals surface area contributed by atoms with E-state index in [1.54, 1.807) is 0 Å². The van der Waals surface area contributed by atoms with E-state index in [9.17, 15) is 30.4 Å². The lowest BCUT2D eigenvalue weighted by Crippen LogP contribution is -2.42. The molecule has 0 bridgehead atoms. The summed E-state index contributed by atoms with van der Waals surface area (Å²) in [5.41, 5.74) is 0.0887. The molecular weight excluding hydrogens is 536 g/mol. The predicted molar refractivity (Wildman–Crippen MR) is 129 cm³/mol. The Balaban J connectivity index is 1.99. The lowest BCUT2D eigenvalue weighted by atomic mass is 9.98. The molecule has 2 aromatic heterocycles. The SMILES string of the molecule is Cc1nn(C(F)F)cc1S(=O)(=O)N1CC(COS(C)(=O)=O)Cc2ncc(NC(=O)OCC(C)(C)C)cc21. The van der Waals surface area contributed by atoms with Crippen LogP contribution in [0.5, 0.6) is 0 Å². The van der Waals surface area contributed by atoms with Crippen LogP contribution in [0.25, 0.3) is 0 Å². The molecule has 37 heavy (non-hydrogen) atoms.